The molecule has 2 nitrogen and oxygen atoms in total. The zero-order valence-corrected chi connectivity index (χ0v) is 10.3. The van der Waals surface area contributed by atoms with Crippen LogP contribution in [0.25, 0.3) is 0 Å². The molecule has 0 bridgehead atoms. The second kappa shape index (κ2) is 4.98. The normalized spacial score (nSPS) is 9.71. The van der Waals surface area contributed by atoms with Gasteiger partial charge in [-0.3, -0.25) is 0 Å². The molecule has 2 aromatic rings. The quantitative estimate of drug-likeness (QED) is 0.900. The second-order valence-electron chi connectivity index (χ2n) is 3.44. The minimum Gasteiger partial charge on any atom is -0.355 e. The van der Waals surface area contributed by atoms with Gasteiger partial charge in [0.25, 0.3) is 0 Å². The van der Waals surface area contributed by atoms with Crippen LogP contribution in [0.4, 0.5) is 15.8 Å². The number of benzene rings is 2. The molecule has 0 unspecified atom stereocenters. The fraction of sp³-hybridized carbons (Fsp3) is 0. The first-order chi connectivity index (χ1) is 8.19. The molecule has 0 aliphatic heterocycles. The van der Waals surface area contributed by atoms with Crippen LogP contribution in [-0.2, 0) is 0 Å². The highest BCUT2D eigenvalue weighted by Gasteiger charge is 2.01. The Kier molecular flexibility index (Phi) is 3.40. The first-order valence-corrected chi connectivity index (χ1v) is 5.70. The van der Waals surface area contributed by atoms with Crippen molar-refractivity contribution < 1.29 is 4.39 Å². The Labute approximate surface area is 107 Å². The fourth-order valence-corrected chi connectivity index (χ4v) is 1.85. The van der Waals surface area contributed by atoms with Crippen LogP contribution in [0.3, 0.4) is 0 Å². The Balaban J connectivity index is 2.22. The topological polar surface area (TPSA) is 35.8 Å². The first kappa shape index (κ1) is 11.6. The molecule has 0 aliphatic carbocycles. The summed E-state index contributed by atoms with van der Waals surface area (Å²) in [5.41, 5.74) is 2.21. The van der Waals surface area contributed by atoms with Gasteiger partial charge in [0.05, 0.1) is 5.56 Å². The molecule has 84 valence electrons. The zero-order chi connectivity index (χ0) is 12.3. The van der Waals surface area contributed by atoms with Gasteiger partial charge in [0.2, 0.25) is 0 Å². The number of nitrogens with zero attached hydrogens (tertiary/aromatic N) is 1. The summed E-state index contributed by atoms with van der Waals surface area (Å²) in [6.45, 7) is 0. The molecule has 0 aliphatic rings. The van der Waals surface area contributed by atoms with E-state index in [4.69, 9.17) is 5.26 Å². The van der Waals surface area contributed by atoms with Crippen molar-refractivity contribution in [3.05, 3.63) is 58.3 Å². The summed E-state index contributed by atoms with van der Waals surface area (Å²) in [6.07, 6.45) is 0. The monoisotopic (exact) mass is 290 g/mol. The molecule has 0 fully saturated rings. The van der Waals surface area contributed by atoms with E-state index in [0.717, 1.165) is 15.8 Å². The maximum absolute atomic E-state index is 12.7. The molecule has 0 saturated heterocycles. The van der Waals surface area contributed by atoms with Gasteiger partial charge in [0.1, 0.15) is 11.9 Å². The Bertz CT molecular complexity index is 573. The van der Waals surface area contributed by atoms with E-state index in [1.54, 1.807) is 24.3 Å². The number of rotatable bonds is 2. The molecular weight excluding hydrogens is 283 g/mol. The number of hydrogen-bond acceptors (Lipinski definition) is 2. The number of hydrogen-bond donors (Lipinski definition) is 1. The van der Waals surface area contributed by atoms with Crippen LogP contribution in [0.5, 0.6) is 0 Å². The van der Waals surface area contributed by atoms with Crippen LogP contribution in [0, 0.1) is 17.1 Å². The lowest BCUT2D eigenvalue weighted by Crippen LogP contribution is -1.91. The van der Waals surface area contributed by atoms with E-state index < -0.39 is 0 Å². The summed E-state index contributed by atoms with van der Waals surface area (Å²) in [5.74, 6) is -0.267. The highest BCUT2D eigenvalue weighted by molar-refractivity contribution is 9.10. The lowest BCUT2D eigenvalue weighted by molar-refractivity contribution is 0.628. The van der Waals surface area contributed by atoms with Crippen molar-refractivity contribution in [1.29, 1.82) is 5.26 Å². The van der Waals surface area contributed by atoms with Crippen molar-refractivity contribution in [2.45, 2.75) is 0 Å². The Morgan fingerprint density at radius 3 is 2.29 bits per heavy atom. The van der Waals surface area contributed by atoms with E-state index in [1.165, 1.54) is 12.1 Å². The van der Waals surface area contributed by atoms with E-state index >= 15 is 0 Å². The van der Waals surface area contributed by atoms with Crippen LogP contribution in [0.2, 0.25) is 0 Å². The molecule has 0 atom stereocenters. The fourth-order valence-electron chi connectivity index (χ4n) is 1.38. The van der Waals surface area contributed by atoms with Gasteiger partial charge in [-0.25, -0.2) is 4.39 Å². The van der Waals surface area contributed by atoms with Gasteiger partial charge in [-0.1, -0.05) is 0 Å². The highest BCUT2D eigenvalue weighted by atomic mass is 79.9. The third-order valence-corrected chi connectivity index (χ3v) is 2.88. The van der Waals surface area contributed by atoms with Crippen molar-refractivity contribution in [3.8, 4) is 6.07 Å². The standard InChI is InChI=1S/C13H8BrFN2/c14-13-7-12(4-1-9(13)8-16)17-11-5-2-10(15)3-6-11/h1-7,17H. The summed E-state index contributed by atoms with van der Waals surface area (Å²) in [4.78, 5) is 0. The van der Waals surface area contributed by atoms with Gasteiger partial charge < -0.3 is 5.32 Å². The summed E-state index contributed by atoms with van der Waals surface area (Å²) in [7, 11) is 0. The van der Waals surface area contributed by atoms with Crippen molar-refractivity contribution in [2.24, 2.45) is 0 Å². The van der Waals surface area contributed by atoms with Crippen LogP contribution >= 0.6 is 15.9 Å². The predicted molar refractivity (Wildman–Crippen MR) is 68.5 cm³/mol. The lowest BCUT2D eigenvalue weighted by Gasteiger charge is -2.07. The maximum atomic E-state index is 12.7. The summed E-state index contributed by atoms with van der Waals surface area (Å²) in [5, 5.41) is 11.9. The molecule has 0 saturated carbocycles. The minimum absolute atomic E-state index is 0.267. The van der Waals surface area contributed by atoms with E-state index in [-0.39, 0.29) is 5.82 Å². The highest BCUT2D eigenvalue weighted by Crippen LogP contribution is 2.23. The smallest absolute Gasteiger partial charge is 0.123 e. The lowest BCUT2D eigenvalue weighted by atomic mass is 10.2. The van der Waals surface area contributed by atoms with Gasteiger partial charge in [0.15, 0.2) is 0 Å². The van der Waals surface area contributed by atoms with Gasteiger partial charge in [-0.2, -0.15) is 5.26 Å². The number of nitrogens with one attached hydrogen (secondary N) is 1. The van der Waals surface area contributed by atoms with Crippen LogP contribution in [0.15, 0.2) is 46.9 Å². The van der Waals surface area contributed by atoms with Gasteiger partial charge in [-0.05, 0) is 58.4 Å². The Morgan fingerprint density at radius 1 is 1.06 bits per heavy atom. The summed E-state index contributed by atoms with van der Waals surface area (Å²) in [6, 6.07) is 13.5. The van der Waals surface area contributed by atoms with Gasteiger partial charge >= 0.3 is 0 Å². The molecule has 2 aromatic carbocycles. The molecule has 0 radical (unpaired) electrons. The molecule has 0 aromatic heterocycles. The second-order valence-corrected chi connectivity index (χ2v) is 4.29. The molecule has 4 heteroatoms. The van der Waals surface area contributed by atoms with Crippen molar-refractivity contribution in [3.63, 3.8) is 0 Å². The van der Waals surface area contributed by atoms with E-state index in [2.05, 4.69) is 27.3 Å². The number of nitriles is 1. The largest absolute Gasteiger partial charge is 0.355 e. The van der Waals surface area contributed by atoms with Crippen molar-refractivity contribution >= 4 is 27.3 Å². The molecule has 0 spiro atoms. The van der Waals surface area contributed by atoms with E-state index in [9.17, 15) is 4.39 Å². The Hall–Kier alpha value is -1.86. The third-order valence-electron chi connectivity index (χ3n) is 2.22. The molecule has 17 heavy (non-hydrogen) atoms. The van der Waals surface area contributed by atoms with Crippen LogP contribution in [-0.4, -0.2) is 0 Å². The van der Waals surface area contributed by atoms with Crippen molar-refractivity contribution in [2.75, 3.05) is 5.32 Å². The minimum atomic E-state index is -0.267. The summed E-state index contributed by atoms with van der Waals surface area (Å²) >= 11 is 3.31. The maximum Gasteiger partial charge on any atom is 0.123 e. The molecular formula is C13H8BrFN2. The number of halogens is 2. The van der Waals surface area contributed by atoms with Crippen LogP contribution < -0.4 is 5.32 Å². The molecule has 2 rings (SSSR count). The van der Waals surface area contributed by atoms with Gasteiger partial charge in [-0.15, -0.1) is 0 Å². The zero-order valence-electron chi connectivity index (χ0n) is 8.74. The first-order valence-electron chi connectivity index (χ1n) is 4.91. The summed E-state index contributed by atoms with van der Waals surface area (Å²) < 4.78 is 13.4. The molecule has 0 heterocycles. The predicted octanol–water partition coefficient (Wildman–Crippen LogP) is 4.20. The van der Waals surface area contributed by atoms with E-state index in [0.29, 0.717) is 5.56 Å². The van der Waals surface area contributed by atoms with E-state index in [1.807, 2.05) is 6.07 Å². The molecule has 1 N–H and O–H groups in total. The third kappa shape index (κ3) is 2.83. The SMILES string of the molecule is N#Cc1ccc(Nc2ccc(F)cc2)cc1Br. The van der Waals surface area contributed by atoms with Crippen molar-refractivity contribution in [1.82, 2.24) is 0 Å². The average molecular weight is 291 g/mol. The number of anilines is 2. The molecule has 0 amide bonds. The Morgan fingerprint density at radius 2 is 1.71 bits per heavy atom. The van der Waals surface area contributed by atoms with Crippen LogP contribution in [0.1, 0.15) is 5.56 Å². The average Bonchev–Trinajstić information content (AvgIpc) is 2.32. The van der Waals surface area contributed by atoms with Gasteiger partial charge in [0, 0.05) is 15.8 Å².